The number of benzene rings is 1. The predicted octanol–water partition coefficient (Wildman–Crippen LogP) is 2.68. The minimum Gasteiger partial charge on any atom is -0.475 e. The molecule has 10 heteroatoms. The van der Waals surface area contributed by atoms with Crippen molar-refractivity contribution in [2.24, 2.45) is 0 Å². The van der Waals surface area contributed by atoms with Crippen molar-refractivity contribution in [1.82, 2.24) is 15.6 Å². The van der Waals surface area contributed by atoms with Gasteiger partial charge in [0.05, 0.1) is 0 Å². The molecule has 0 fully saturated rings. The van der Waals surface area contributed by atoms with Crippen molar-refractivity contribution in [2.45, 2.75) is 38.4 Å². The fourth-order valence-corrected chi connectivity index (χ4v) is 3.01. The summed E-state index contributed by atoms with van der Waals surface area (Å²) < 4.78 is 31.7. The zero-order valence-electron chi connectivity index (χ0n) is 17.2. The van der Waals surface area contributed by atoms with Crippen LogP contribution in [0.2, 0.25) is 0 Å². The van der Waals surface area contributed by atoms with E-state index in [0.29, 0.717) is 12.1 Å². The van der Waals surface area contributed by atoms with E-state index in [4.69, 9.17) is 9.90 Å². The first-order valence-electron chi connectivity index (χ1n) is 9.98. The van der Waals surface area contributed by atoms with Crippen LogP contribution in [0.15, 0.2) is 42.7 Å². The number of nitrogens with zero attached hydrogens (tertiary/aromatic N) is 1. The average Bonchev–Trinajstić information content (AvgIpc) is 3.01. The molecule has 0 radical (unpaired) electrons. The maximum Gasteiger partial charge on any atom is 0.490 e. The number of aromatic nitrogens is 1. The lowest BCUT2D eigenvalue weighted by Crippen LogP contribution is -2.23. The van der Waals surface area contributed by atoms with Crippen LogP contribution in [0.25, 0.3) is 0 Å². The zero-order valence-corrected chi connectivity index (χ0v) is 17.2. The molecule has 1 aromatic carbocycles. The molecular weight excluding hydrogens is 427 g/mol. The Hall–Kier alpha value is -3.27. The largest absolute Gasteiger partial charge is 0.490 e. The Morgan fingerprint density at radius 2 is 1.75 bits per heavy atom. The Morgan fingerprint density at radius 1 is 1.06 bits per heavy atom. The third-order valence-electron chi connectivity index (χ3n) is 4.70. The van der Waals surface area contributed by atoms with E-state index >= 15 is 0 Å². The van der Waals surface area contributed by atoms with Gasteiger partial charge in [0.2, 0.25) is 5.91 Å². The van der Waals surface area contributed by atoms with Gasteiger partial charge in [0.1, 0.15) is 0 Å². The van der Waals surface area contributed by atoms with Gasteiger partial charge in [0.15, 0.2) is 5.78 Å². The number of carboxylic acid groups (broad SMARTS) is 1. The van der Waals surface area contributed by atoms with Gasteiger partial charge >= 0.3 is 12.1 Å². The Kier molecular flexibility index (Phi) is 9.33. The summed E-state index contributed by atoms with van der Waals surface area (Å²) in [7, 11) is 0. The molecule has 1 aliphatic heterocycles. The molecule has 0 saturated heterocycles. The Bertz CT molecular complexity index is 934. The number of pyridine rings is 1. The molecule has 172 valence electrons. The molecule has 2 heterocycles. The molecule has 0 spiro atoms. The molecule has 7 nitrogen and oxygen atoms in total. The number of carboxylic acids is 1. The van der Waals surface area contributed by atoms with Gasteiger partial charge in [-0.1, -0.05) is 18.2 Å². The standard InChI is InChI=1S/C20H23N3O2.C2HF3O2/c24-19(5-6-20(25)23-14-15-2-1-9-22-13-15)18-4-3-16-7-10-21-11-8-17(16)12-18;3-2(4,5)1(6)7/h1-4,9,12-13,21H,5-8,10-11,14H2,(H,23,25);(H,6,7). The Labute approximate surface area is 183 Å². The number of alkyl halides is 3. The summed E-state index contributed by atoms with van der Waals surface area (Å²) in [5, 5.41) is 13.3. The highest BCUT2D eigenvalue weighted by Gasteiger charge is 2.38. The molecule has 32 heavy (non-hydrogen) atoms. The summed E-state index contributed by atoms with van der Waals surface area (Å²) >= 11 is 0. The van der Waals surface area contributed by atoms with Crippen LogP contribution in [-0.2, 0) is 29.0 Å². The van der Waals surface area contributed by atoms with Gasteiger partial charge < -0.3 is 15.7 Å². The Balaban J connectivity index is 0.000000451. The van der Waals surface area contributed by atoms with E-state index in [-0.39, 0.29) is 24.5 Å². The molecule has 0 unspecified atom stereocenters. The van der Waals surface area contributed by atoms with E-state index in [1.165, 1.54) is 11.1 Å². The fraction of sp³-hybridized carbons (Fsp3) is 0.364. The molecule has 1 amide bonds. The lowest BCUT2D eigenvalue weighted by Gasteiger charge is -2.08. The second-order valence-corrected chi connectivity index (χ2v) is 7.10. The van der Waals surface area contributed by atoms with E-state index in [2.05, 4.69) is 21.7 Å². The molecule has 1 aliphatic rings. The van der Waals surface area contributed by atoms with Crippen LogP contribution in [0.1, 0.15) is 39.9 Å². The van der Waals surface area contributed by atoms with Crippen LogP contribution in [-0.4, -0.2) is 47.0 Å². The lowest BCUT2D eigenvalue weighted by molar-refractivity contribution is -0.192. The van der Waals surface area contributed by atoms with E-state index < -0.39 is 12.1 Å². The van der Waals surface area contributed by atoms with Crippen LogP contribution in [0.5, 0.6) is 0 Å². The molecule has 0 aliphatic carbocycles. The van der Waals surface area contributed by atoms with Gasteiger partial charge in [-0.05, 0) is 54.8 Å². The maximum atomic E-state index is 12.4. The summed E-state index contributed by atoms with van der Waals surface area (Å²) in [6.07, 6.45) is 0.715. The van der Waals surface area contributed by atoms with Gasteiger partial charge in [-0.25, -0.2) is 4.79 Å². The second-order valence-electron chi connectivity index (χ2n) is 7.10. The summed E-state index contributed by atoms with van der Waals surface area (Å²) in [5.41, 5.74) is 4.22. The topological polar surface area (TPSA) is 108 Å². The first-order chi connectivity index (χ1) is 15.2. The summed E-state index contributed by atoms with van der Waals surface area (Å²) in [4.78, 5) is 37.2. The number of halogens is 3. The number of carbonyl (C=O) groups is 3. The number of ketones is 1. The highest BCUT2D eigenvalue weighted by atomic mass is 19.4. The van der Waals surface area contributed by atoms with Crippen molar-refractivity contribution in [1.29, 1.82) is 0 Å². The number of nitrogens with one attached hydrogen (secondary N) is 2. The summed E-state index contributed by atoms with van der Waals surface area (Å²) in [6, 6.07) is 9.68. The Morgan fingerprint density at radius 3 is 2.38 bits per heavy atom. The lowest BCUT2D eigenvalue weighted by atomic mass is 9.97. The number of Topliss-reactive ketones (excluding diaryl/α,β-unsaturated/α-hetero) is 1. The zero-order chi connectivity index (χ0) is 23.6. The van der Waals surface area contributed by atoms with Crippen molar-refractivity contribution in [2.75, 3.05) is 13.1 Å². The average molecular weight is 451 g/mol. The first-order valence-corrected chi connectivity index (χ1v) is 9.98. The van der Waals surface area contributed by atoms with Crippen molar-refractivity contribution >= 4 is 17.7 Å². The normalized spacial score (nSPS) is 13.1. The van der Waals surface area contributed by atoms with E-state index in [1.54, 1.807) is 12.4 Å². The predicted molar refractivity (Wildman–Crippen MR) is 110 cm³/mol. The number of carbonyl (C=O) groups excluding carboxylic acids is 2. The van der Waals surface area contributed by atoms with E-state index in [9.17, 15) is 22.8 Å². The minimum absolute atomic E-state index is 0.0246. The molecular formula is C22H24F3N3O4. The number of hydrogen-bond donors (Lipinski definition) is 3. The van der Waals surface area contributed by atoms with Gasteiger partial charge in [-0.15, -0.1) is 0 Å². The van der Waals surface area contributed by atoms with Crippen molar-refractivity contribution in [3.8, 4) is 0 Å². The summed E-state index contributed by atoms with van der Waals surface area (Å²) in [5.74, 6) is -2.85. The first kappa shape index (κ1) is 25.0. The molecule has 3 rings (SSSR count). The summed E-state index contributed by atoms with van der Waals surface area (Å²) in [6.45, 7) is 2.37. The maximum absolute atomic E-state index is 12.4. The quantitative estimate of drug-likeness (QED) is 0.583. The number of hydrogen-bond acceptors (Lipinski definition) is 5. The van der Waals surface area contributed by atoms with Crippen LogP contribution in [0.3, 0.4) is 0 Å². The highest BCUT2D eigenvalue weighted by molar-refractivity contribution is 5.98. The number of rotatable bonds is 6. The molecule has 0 bridgehead atoms. The SMILES string of the molecule is O=C(CCC(=O)c1ccc2c(c1)CCNCC2)NCc1cccnc1.O=C(O)C(F)(F)F. The molecule has 0 atom stereocenters. The third kappa shape index (κ3) is 8.46. The molecule has 2 aromatic rings. The van der Waals surface area contributed by atoms with Crippen LogP contribution in [0, 0.1) is 0 Å². The molecule has 3 N–H and O–H groups in total. The third-order valence-corrected chi connectivity index (χ3v) is 4.70. The monoisotopic (exact) mass is 451 g/mol. The van der Waals surface area contributed by atoms with E-state index in [1.807, 2.05) is 24.3 Å². The van der Waals surface area contributed by atoms with Crippen LogP contribution < -0.4 is 10.6 Å². The van der Waals surface area contributed by atoms with Crippen molar-refractivity contribution in [3.63, 3.8) is 0 Å². The van der Waals surface area contributed by atoms with Crippen molar-refractivity contribution in [3.05, 3.63) is 65.0 Å². The van der Waals surface area contributed by atoms with Crippen LogP contribution in [0.4, 0.5) is 13.2 Å². The van der Waals surface area contributed by atoms with Gasteiger partial charge in [0.25, 0.3) is 0 Å². The van der Waals surface area contributed by atoms with Gasteiger partial charge in [0, 0.05) is 37.3 Å². The number of fused-ring (bicyclic) bond motifs is 1. The highest BCUT2D eigenvalue weighted by Crippen LogP contribution is 2.17. The van der Waals surface area contributed by atoms with Gasteiger partial charge in [-0.3, -0.25) is 14.6 Å². The van der Waals surface area contributed by atoms with Crippen molar-refractivity contribution < 1.29 is 32.7 Å². The smallest absolute Gasteiger partial charge is 0.475 e. The van der Waals surface area contributed by atoms with E-state index in [0.717, 1.165) is 31.5 Å². The van der Waals surface area contributed by atoms with Crippen LogP contribution >= 0.6 is 0 Å². The fourth-order valence-electron chi connectivity index (χ4n) is 3.01. The number of aliphatic carboxylic acids is 1. The second kappa shape index (κ2) is 11.9. The minimum atomic E-state index is -5.08. The molecule has 0 saturated carbocycles. The van der Waals surface area contributed by atoms with Gasteiger partial charge in [-0.2, -0.15) is 13.2 Å². The molecule has 1 aromatic heterocycles. The number of amides is 1.